The van der Waals surface area contributed by atoms with E-state index in [1.165, 1.54) is 4.31 Å². The Balaban J connectivity index is 1.80. The van der Waals surface area contributed by atoms with Gasteiger partial charge in [-0.05, 0) is 49.6 Å². The van der Waals surface area contributed by atoms with Gasteiger partial charge in [0.15, 0.2) is 11.5 Å². The molecule has 3 aromatic rings. The zero-order valence-corrected chi connectivity index (χ0v) is 15.2. The van der Waals surface area contributed by atoms with Crippen LogP contribution in [-0.2, 0) is 10.0 Å². The Bertz CT molecular complexity index is 1050. The molecule has 130 valence electrons. The summed E-state index contributed by atoms with van der Waals surface area (Å²) in [5, 5.41) is 8.86. The number of benzene rings is 1. The van der Waals surface area contributed by atoms with E-state index in [1.807, 2.05) is 28.8 Å². The summed E-state index contributed by atoms with van der Waals surface area (Å²) in [4.78, 5) is 0.251. The van der Waals surface area contributed by atoms with Crippen LogP contribution in [0.15, 0.2) is 47.5 Å². The predicted octanol–water partition coefficient (Wildman–Crippen LogP) is 3.22. The van der Waals surface area contributed by atoms with Crippen molar-refractivity contribution in [1.82, 2.24) is 18.9 Å². The summed E-state index contributed by atoms with van der Waals surface area (Å²) in [6, 6.07) is 10.3. The van der Waals surface area contributed by atoms with E-state index in [1.54, 1.807) is 25.1 Å². The van der Waals surface area contributed by atoms with Crippen LogP contribution in [0.4, 0.5) is 0 Å². The van der Waals surface area contributed by atoms with Crippen molar-refractivity contribution in [2.45, 2.75) is 30.7 Å². The van der Waals surface area contributed by atoms with E-state index in [0.717, 1.165) is 6.42 Å². The minimum Gasteiger partial charge on any atom is -0.285 e. The molecule has 25 heavy (non-hydrogen) atoms. The van der Waals surface area contributed by atoms with Gasteiger partial charge in [-0.2, -0.15) is 4.31 Å². The quantitative estimate of drug-likeness (QED) is 0.703. The summed E-state index contributed by atoms with van der Waals surface area (Å²) in [5.74, 6) is 0.649. The Morgan fingerprint density at radius 2 is 2.00 bits per heavy atom. The summed E-state index contributed by atoms with van der Waals surface area (Å²) in [5.41, 5.74) is 1.28. The maximum absolute atomic E-state index is 13.3. The van der Waals surface area contributed by atoms with E-state index in [4.69, 9.17) is 11.6 Å². The van der Waals surface area contributed by atoms with Gasteiger partial charge in [-0.25, -0.2) is 8.42 Å². The first-order chi connectivity index (χ1) is 12.0. The smallest absolute Gasteiger partial charge is 0.244 e. The highest BCUT2D eigenvalue weighted by Gasteiger charge is 2.39. The van der Waals surface area contributed by atoms with Gasteiger partial charge in [0.1, 0.15) is 0 Å². The van der Waals surface area contributed by atoms with Crippen molar-refractivity contribution in [3.8, 4) is 0 Å². The fourth-order valence-corrected chi connectivity index (χ4v) is 5.50. The molecule has 1 unspecified atom stereocenters. The molecular formula is C17H17ClN4O2S. The van der Waals surface area contributed by atoms with Crippen molar-refractivity contribution in [1.29, 1.82) is 0 Å². The van der Waals surface area contributed by atoms with Crippen LogP contribution in [0.3, 0.4) is 0 Å². The zero-order valence-electron chi connectivity index (χ0n) is 13.6. The number of rotatable bonds is 3. The lowest BCUT2D eigenvalue weighted by Crippen LogP contribution is -2.32. The number of fused-ring (bicyclic) bond motifs is 1. The van der Waals surface area contributed by atoms with Gasteiger partial charge in [0.05, 0.1) is 10.9 Å². The molecule has 0 bridgehead atoms. The highest BCUT2D eigenvalue weighted by Crippen LogP contribution is 2.37. The summed E-state index contributed by atoms with van der Waals surface area (Å²) >= 11 is 6.13. The lowest BCUT2D eigenvalue weighted by atomic mass is 10.2. The number of pyridine rings is 1. The third kappa shape index (κ3) is 2.63. The van der Waals surface area contributed by atoms with Gasteiger partial charge < -0.3 is 0 Å². The molecular weight excluding hydrogens is 360 g/mol. The molecule has 0 aliphatic carbocycles. The van der Waals surface area contributed by atoms with E-state index in [2.05, 4.69) is 10.2 Å². The van der Waals surface area contributed by atoms with Crippen molar-refractivity contribution in [2.24, 2.45) is 0 Å². The summed E-state index contributed by atoms with van der Waals surface area (Å²) < 4.78 is 29.9. The summed E-state index contributed by atoms with van der Waals surface area (Å²) in [6.07, 6.45) is 3.36. The van der Waals surface area contributed by atoms with E-state index < -0.39 is 10.0 Å². The van der Waals surface area contributed by atoms with Crippen molar-refractivity contribution >= 4 is 27.3 Å². The van der Waals surface area contributed by atoms with Crippen LogP contribution in [0.5, 0.6) is 0 Å². The van der Waals surface area contributed by atoms with Crippen LogP contribution in [0.1, 0.15) is 30.3 Å². The highest BCUT2D eigenvalue weighted by atomic mass is 35.5. The Morgan fingerprint density at radius 3 is 2.84 bits per heavy atom. The third-order valence-corrected chi connectivity index (χ3v) is 7.11. The van der Waals surface area contributed by atoms with Gasteiger partial charge in [0, 0.05) is 17.8 Å². The first-order valence-corrected chi connectivity index (χ1v) is 9.88. The van der Waals surface area contributed by atoms with E-state index in [0.29, 0.717) is 35.0 Å². The van der Waals surface area contributed by atoms with Crippen molar-refractivity contribution in [3.63, 3.8) is 0 Å². The average molecular weight is 377 g/mol. The van der Waals surface area contributed by atoms with Gasteiger partial charge in [-0.3, -0.25) is 4.40 Å². The van der Waals surface area contributed by atoms with E-state index >= 15 is 0 Å². The standard InChI is InChI=1S/C17H17ClN4O2S/c1-12-13(18)6-4-8-15(12)25(23,24)22-11-5-7-14(22)17-20-19-16-9-2-3-10-21(16)17/h2-4,6,8-10,14H,5,7,11H2,1H3. The van der Waals surface area contributed by atoms with E-state index in [-0.39, 0.29) is 10.9 Å². The number of halogens is 1. The largest absolute Gasteiger partial charge is 0.285 e. The van der Waals surface area contributed by atoms with E-state index in [9.17, 15) is 8.42 Å². The van der Waals surface area contributed by atoms with Gasteiger partial charge >= 0.3 is 0 Å². The predicted molar refractivity (Wildman–Crippen MR) is 95.0 cm³/mol. The monoisotopic (exact) mass is 376 g/mol. The number of sulfonamides is 1. The molecule has 1 fully saturated rings. The van der Waals surface area contributed by atoms with Crippen LogP contribution in [0, 0.1) is 6.92 Å². The lowest BCUT2D eigenvalue weighted by Gasteiger charge is -2.24. The third-order valence-electron chi connectivity index (χ3n) is 4.65. The van der Waals surface area contributed by atoms with Crippen molar-refractivity contribution in [2.75, 3.05) is 6.54 Å². The molecule has 6 nitrogen and oxygen atoms in total. The van der Waals surface area contributed by atoms with Crippen LogP contribution < -0.4 is 0 Å². The molecule has 1 aliphatic rings. The Morgan fingerprint density at radius 1 is 1.16 bits per heavy atom. The first kappa shape index (κ1) is 16.5. The molecule has 1 aromatic carbocycles. The molecule has 0 saturated carbocycles. The second kappa shape index (κ2) is 6.09. The second-order valence-electron chi connectivity index (χ2n) is 6.12. The number of hydrogen-bond acceptors (Lipinski definition) is 4. The topological polar surface area (TPSA) is 67.6 Å². The second-order valence-corrected chi connectivity index (χ2v) is 8.39. The molecule has 0 N–H and O–H groups in total. The lowest BCUT2D eigenvalue weighted by molar-refractivity contribution is 0.381. The maximum Gasteiger partial charge on any atom is 0.244 e. The minimum atomic E-state index is -3.67. The minimum absolute atomic E-state index is 0.251. The number of aromatic nitrogens is 3. The van der Waals surface area contributed by atoms with Gasteiger partial charge in [-0.1, -0.05) is 23.7 Å². The molecule has 2 aromatic heterocycles. The molecule has 1 saturated heterocycles. The normalized spacial score (nSPS) is 18.9. The fourth-order valence-electron chi connectivity index (χ4n) is 3.37. The Kier molecular flexibility index (Phi) is 4.02. The van der Waals surface area contributed by atoms with Crippen molar-refractivity contribution in [3.05, 3.63) is 59.0 Å². The van der Waals surface area contributed by atoms with Crippen LogP contribution >= 0.6 is 11.6 Å². The summed E-state index contributed by atoms with van der Waals surface area (Å²) in [6.45, 7) is 2.19. The van der Waals surface area contributed by atoms with Gasteiger partial charge in [0.2, 0.25) is 10.0 Å². The Hall–Kier alpha value is -1.96. The molecule has 4 rings (SSSR count). The molecule has 1 atom stereocenters. The summed E-state index contributed by atoms with van der Waals surface area (Å²) in [7, 11) is -3.67. The Labute approximate surface area is 151 Å². The molecule has 0 radical (unpaired) electrons. The zero-order chi connectivity index (χ0) is 17.6. The molecule has 0 amide bonds. The fraction of sp³-hybridized carbons (Fsp3) is 0.294. The first-order valence-electron chi connectivity index (χ1n) is 8.07. The van der Waals surface area contributed by atoms with Crippen molar-refractivity contribution < 1.29 is 8.42 Å². The average Bonchev–Trinajstić information content (AvgIpc) is 3.23. The van der Waals surface area contributed by atoms with Crippen LogP contribution in [0.25, 0.3) is 5.65 Å². The molecule has 0 spiro atoms. The van der Waals surface area contributed by atoms with Crippen LogP contribution in [0.2, 0.25) is 5.02 Å². The molecule has 8 heteroatoms. The highest BCUT2D eigenvalue weighted by molar-refractivity contribution is 7.89. The SMILES string of the molecule is Cc1c(Cl)cccc1S(=O)(=O)N1CCCC1c1nnc2ccccn12. The number of nitrogens with zero attached hydrogens (tertiary/aromatic N) is 4. The van der Waals surface area contributed by atoms with Gasteiger partial charge in [0.25, 0.3) is 0 Å². The maximum atomic E-state index is 13.3. The number of hydrogen-bond donors (Lipinski definition) is 0. The van der Waals surface area contributed by atoms with Gasteiger partial charge in [-0.15, -0.1) is 10.2 Å². The molecule has 3 heterocycles. The molecule has 1 aliphatic heterocycles. The van der Waals surface area contributed by atoms with Crippen LogP contribution in [-0.4, -0.2) is 33.9 Å².